The maximum atomic E-state index is 14.3. The van der Waals surface area contributed by atoms with E-state index in [0.29, 0.717) is 65.5 Å². The highest BCUT2D eigenvalue weighted by Crippen LogP contribution is 2.41. The number of carbonyl (C=O) groups excluding carboxylic acids is 1. The van der Waals surface area contributed by atoms with Crippen LogP contribution in [0.5, 0.6) is 5.75 Å². The van der Waals surface area contributed by atoms with Crippen molar-refractivity contribution < 1.29 is 18.7 Å². The summed E-state index contributed by atoms with van der Waals surface area (Å²) in [6, 6.07) is 19.7. The molecule has 1 unspecified atom stereocenters. The third-order valence-electron chi connectivity index (χ3n) is 7.43. The van der Waals surface area contributed by atoms with E-state index in [1.54, 1.807) is 48.9 Å². The molecule has 6 rings (SSSR count). The number of esters is 1. The van der Waals surface area contributed by atoms with Crippen LogP contribution in [0.4, 0.5) is 0 Å². The van der Waals surface area contributed by atoms with Crippen LogP contribution in [-0.4, -0.2) is 24.3 Å². The van der Waals surface area contributed by atoms with E-state index < -0.39 is 12.0 Å². The predicted octanol–water partition coefficient (Wildman–Crippen LogP) is 7.31. The Morgan fingerprint density at radius 2 is 1.89 bits per heavy atom. The van der Waals surface area contributed by atoms with Crippen LogP contribution < -0.4 is 19.6 Å². The SMILES string of the molecule is CCCC1=C(C(=O)OCC)C(c2c(OC)ccc3ccccc23)n2c(s/c(=C\c3ccc(-c4cccc(Cl)c4Cl)o3)c2=O)=N1. The highest BCUT2D eigenvalue weighted by Gasteiger charge is 2.37. The van der Waals surface area contributed by atoms with Gasteiger partial charge in [0.1, 0.15) is 23.3 Å². The molecule has 0 bridgehead atoms. The molecule has 44 heavy (non-hydrogen) atoms. The van der Waals surface area contributed by atoms with Gasteiger partial charge in [0.15, 0.2) is 4.80 Å². The quantitative estimate of drug-likeness (QED) is 0.165. The Bertz CT molecular complexity index is 2130. The molecule has 0 spiro atoms. The fourth-order valence-electron chi connectivity index (χ4n) is 5.53. The molecular weight excluding hydrogens is 619 g/mol. The number of halogens is 2. The predicted molar refractivity (Wildman–Crippen MR) is 174 cm³/mol. The van der Waals surface area contributed by atoms with E-state index in [-0.39, 0.29) is 12.2 Å². The maximum absolute atomic E-state index is 14.3. The van der Waals surface area contributed by atoms with E-state index in [4.69, 9.17) is 42.1 Å². The molecule has 2 aromatic heterocycles. The molecular formula is C34H28Cl2N2O5S. The van der Waals surface area contributed by atoms with E-state index in [1.807, 2.05) is 49.4 Å². The first kappa shape index (κ1) is 29.9. The number of thiazole rings is 1. The molecule has 224 valence electrons. The molecule has 0 saturated carbocycles. The van der Waals surface area contributed by atoms with Crippen LogP contribution in [0.25, 0.3) is 28.2 Å². The third kappa shape index (κ3) is 5.27. The van der Waals surface area contributed by atoms with Gasteiger partial charge in [-0.1, -0.05) is 84.3 Å². The highest BCUT2D eigenvalue weighted by molar-refractivity contribution is 7.07. The van der Waals surface area contributed by atoms with Gasteiger partial charge in [-0.15, -0.1) is 0 Å². The number of rotatable bonds is 8. The second-order valence-corrected chi connectivity index (χ2v) is 11.9. The van der Waals surface area contributed by atoms with Crippen LogP contribution in [0.3, 0.4) is 0 Å². The van der Waals surface area contributed by atoms with Crippen LogP contribution in [-0.2, 0) is 9.53 Å². The molecule has 1 aliphatic heterocycles. The zero-order valence-corrected chi connectivity index (χ0v) is 26.6. The smallest absolute Gasteiger partial charge is 0.338 e. The molecule has 3 aromatic carbocycles. The number of nitrogens with zero attached hydrogens (tertiary/aromatic N) is 2. The molecule has 0 radical (unpaired) electrons. The number of fused-ring (bicyclic) bond motifs is 2. The zero-order valence-electron chi connectivity index (χ0n) is 24.2. The summed E-state index contributed by atoms with van der Waals surface area (Å²) in [4.78, 5) is 33.3. The fourth-order valence-corrected chi connectivity index (χ4v) is 6.92. The summed E-state index contributed by atoms with van der Waals surface area (Å²) in [5.74, 6) is 1.02. The summed E-state index contributed by atoms with van der Waals surface area (Å²) in [5, 5.41) is 2.61. The van der Waals surface area contributed by atoms with Gasteiger partial charge in [0.05, 0.1) is 39.6 Å². The number of carbonyl (C=O) groups is 1. The number of hydrogen-bond donors (Lipinski definition) is 0. The lowest BCUT2D eigenvalue weighted by molar-refractivity contribution is -0.139. The molecule has 0 saturated heterocycles. The third-order valence-corrected chi connectivity index (χ3v) is 9.24. The number of allylic oxidation sites excluding steroid dienone is 1. The number of hydrogen-bond acceptors (Lipinski definition) is 7. The molecule has 0 aliphatic carbocycles. The lowest BCUT2D eigenvalue weighted by Gasteiger charge is -2.28. The van der Waals surface area contributed by atoms with Gasteiger partial charge >= 0.3 is 5.97 Å². The van der Waals surface area contributed by atoms with Crippen molar-refractivity contribution in [3.63, 3.8) is 0 Å². The number of furan rings is 1. The minimum Gasteiger partial charge on any atom is -0.496 e. The standard InChI is InChI=1S/C34H28Cl2N2O5S/c1-4-9-24-29(33(40)42-5-2)31(28-21-11-7-6-10-19(21)14-16-26(28)41-3)38-32(39)27(44-34(38)37-24)18-20-15-17-25(43-20)22-12-8-13-23(35)30(22)36/h6-8,10-18,31H,4-5,9H2,1-3H3/b27-18-. The summed E-state index contributed by atoms with van der Waals surface area (Å²) in [6.07, 6.45) is 2.96. The molecule has 5 aromatic rings. The van der Waals surface area contributed by atoms with Crippen LogP contribution in [0, 0.1) is 0 Å². The number of aromatic nitrogens is 1. The zero-order chi connectivity index (χ0) is 31.0. The number of benzene rings is 3. The first-order valence-electron chi connectivity index (χ1n) is 14.2. The Balaban J connectivity index is 1.60. The molecule has 3 heterocycles. The largest absolute Gasteiger partial charge is 0.496 e. The van der Waals surface area contributed by atoms with Gasteiger partial charge in [-0.2, -0.15) is 0 Å². The topological polar surface area (TPSA) is 83.0 Å². The fraction of sp³-hybridized carbons (Fsp3) is 0.206. The minimum absolute atomic E-state index is 0.184. The van der Waals surface area contributed by atoms with Crippen LogP contribution in [0.1, 0.15) is 44.1 Å². The highest BCUT2D eigenvalue weighted by atomic mass is 35.5. The Morgan fingerprint density at radius 1 is 1.07 bits per heavy atom. The van der Waals surface area contributed by atoms with E-state index >= 15 is 0 Å². The second-order valence-electron chi connectivity index (χ2n) is 10.1. The Kier molecular flexibility index (Phi) is 8.49. The van der Waals surface area contributed by atoms with E-state index in [0.717, 1.165) is 17.2 Å². The summed E-state index contributed by atoms with van der Waals surface area (Å²) < 4.78 is 19.5. The molecule has 0 N–H and O–H groups in total. The van der Waals surface area contributed by atoms with Crippen LogP contribution in [0.15, 0.2) is 92.2 Å². The average molecular weight is 648 g/mol. The summed E-state index contributed by atoms with van der Waals surface area (Å²) >= 11 is 13.9. The Morgan fingerprint density at radius 3 is 2.66 bits per heavy atom. The molecule has 7 nitrogen and oxygen atoms in total. The molecule has 1 atom stereocenters. The van der Waals surface area contributed by atoms with Crippen molar-refractivity contribution in [3.05, 3.63) is 119 Å². The molecule has 0 fully saturated rings. The normalized spacial score (nSPS) is 14.9. The van der Waals surface area contributed by atoms with Gasteiger partial charge < -0.3 is 13.9 Å². The van der Waals surface area contributed by atoms with Crippen molar-refractivity contribution >= 4 is 57.4 Å². The number of methoxy groups -OCH3 is 1. The summed E-state index contributed by atoms with van der Waals surface area (Å²) in [6.45, 7) is 3.96. The molecule has 1 aliphatic rings. The molecule has 10 heteroatoms. The van der Waals surface area contributed by atoms with Crippen LogP contribution >= 0.6 is 34.5 Å². The van der Waals surface area contributed by atoms with Gasteiger partial charge in [0.2, 0.25) is 0 Å². The van der Waals surface area contributed by atoms with E-state index in [1.165, 1.54) is 11.3 Å². The van der Waals surface area contributed by atoms with Crippen LogP contribution in [0.2, 0.25) is 10.0 Å². The van der Waals surface area contributed by atoms with Gasteiger partial charge in [0.25, 0.3) is 5.56 Å². The lowest BCUT2D eigenvalue weighted by atomic mass is 9.90. The maximum Gasteiger partial charge on any atom is 0.338 e. The second kappa shape index (κ2) is 12.5. The molecule has 0 amide bonds. The number of ether oxygens (including phenoxy) is 2. The van der Waals surface area contributed by atoms with Crippen molar-refractivity contribution in [2.45, 2.75) is 32.7 Å². The summed E-state index contributed by atoms with van der Waals surface area (Å²) in [5.41, 5.74) is 1.95. The first-order valence-corrected chi connectivity index (χ1v) is 15.7. The van der Waals surface area contributed by atoms with Crippen molar-refractivity contribution in [1.29, 1.82) is 0 Å². The Hall–Kier alpha value is -4.11. The minimum atomic E-state index is -0.826. The average Bonchev–Trinajstić information content (AvgIpc) is 3.61. The van der Waals surface area contributed by atoms with E-state index in [2.05, 4.69) is 0 Å². The van der Waals surface area contributed by atoms with Gasteiger partial charge in [-0.3, -0.25) is 9.36 Å². The lowest BCUT2D eigenvalue weighted by Crippen LogP contribution is -2.40. The van der Waals surface area contributed by atoms with Gasteiger partial charge in [0, 0.05) is 17.2 Å². The van der Waals surface area contributed by atoms with Crippen molar-refractivity contribution in [2.75, 3.05) is 13.7 Å². The Labute approximate surface area is 267 Å². The van der Waals surface area contributed by atoms with Gasteiger partial charge in [-0.25, -0.2) is 9.79 Å². The summed E-state index contributed by atoms with van der Waals surface area (Å²) in [7, 11) is 1.58. The monoisotopic (exact) mass is 646 g/mol. The van der Waals surface area contributed by atoms with Crippen molar-refractivity contribution in [2.24, 2.45) is 4.99 Å². The van der Waals surface area contributed by atoms with Gasteiger partial charge in [-0.05, 0) is 54.4 Å². The first-order chi connectivity index (χ1) is 21.4. The van der Waals surface area contributed by atoms with E-state index in [9.17, 15) is 9.59 Å². The van der Waals surface area contributed by atoms with Crippen molar-refractivity contribution in [1.82, 2.24) is 4.57 Å². The van der Waals surface area contributed by atoms with Crippen molar-refractivity contribution in [3.8, 4) is 17.1 Å².